The van der Waals surface area contributed by atoms with Gasteiger partial charge in [-0.25, -0.2) is 4.79 Å². The molecule has 2 aromatic rings. The van der Waals surface area contributed by atoms with E-state index < -0.39 is 18.2 Å². The van der Waals surface area contributed by atoms with Crippen LogP contribution in [0.1, 0.15) is 17.5 Å². The van der Waals surface area contributed by atoms with Gasteiger partial charge in [0.2, 0.25) is 5.91 Å². The van der Waals surface area contributed by atoms with E-state index in [-0.39, 0.29) is 18.9 Å². The smallest absolute Gasteiger partial charge is 0.410 e. The van der Waals surface area contributed by atoms with E-state index in [4.69, 9.17) is 4.74 Å². The molecule has 0 saturated carbocycles. The molecule has 3 rings (SSSR count). The molecule has 1 aliphatic rings. The molecule has 1 aliphatic heterocycles. The van der Waals surface area contributed by atoms with E-state index >= 15 is 0 Å². The van der Waals surface area contributed by atoms with E-state index in [1.165, 1.54) is 4.90 Å². The molecule has 0 aromatic heterocycles. The Bertz CT molecular complexity index is 833. The van der Waals surface area contributed by atoms with E-state index in [0.717, 1.165) is 20.4 Å². The molecule has 2 atom stereocenters. The first-order valence-electron chi connectivity index (χ1n) is 8.64. The first-order valence-corrected chi connectivity index (χ1v) is 9.72. The molecule has 0 spiro atoms. The van der Waals surface area contributed by atoms with Gasteiger partial charge in [0.25, 0.3) is 0 Å². The van der Waals surface area contributed by atoms with Crippen molar-refractivity contribution in [3.63, 3.8) is 0 Å². The number of hydrogen-bond donors (Lipinski definition) is 2. The third-order valence-corrected chi connectivity index (χ3v) is 5.13. The number of para-hydroxylation sites is 1. The first kappa shape index (κ1) is 19.6. The Balaban J connectivity index is 1.75. The lowest BCUT2D eigenvalue weighted by molar-refractivity contribution is -0.119. The summed E-state index contributed by atoms with van der Waals surface area (Å²) in [6.45, 7) is 3.92. The standard InChI is InChI=1S/C20H21IN2O4/c1-12-8-14(21)9-13(2)18(12)22-19(25)17-10-15(24)11-23(17)20(26)27-16-6-4-3-5-7-16/h3-9,15,17,24H,10-11H2,1-2H3,(H,22,25)/t15-,17-/m0/s1. The van der Waals surface area contributed by atoms with Crippen LogP contribution in [0.15, 0.2) is 42.5 Å². The molecule has 2 aromatic carbocycles. The number of likely N-dealkylation sites (tertiary alicyclic amines) is 1. The van der Waals surface area contributed by atoms with Crippen molar-refractivity contribution >= 4 is 40.3 Å². The van der Waals surface area contributed by atoms with Gasteiger partial charge in [0.05, 0.1) is 12.6 Å². The molecule has 1 fully saturated rings. The number of rotatable bonds is 3. The van der Waals surface area contributed by atoms with Crippen LogP contribution < -0.4 is 10.1 Å². The molecule has 0 bridgehead atoms. The highest BCUT2D eigenvalue weighted by Gasteiger charge is 2.40. The maximum Gasteiger partial charge on any atom is 0.416 e. The van der Waals surface area contributed by atoms with Crippen LogP contribution >= 0.6 is 22.6 Å². The van der Waals surface area contributed by atoms with Crippen molar-refractivity contribution in [2.75, 3.05) is 11.9 Å². The number of aliphatic hydroxyl groups is 1. The zero-order chi connectivity index (χ0) is 19.6. The number of ether oxygens (including phenoxy) is 1. The molecule has 1 saturated heterocycles. The average Bonchev–Trinajstić information content (AvgIpc) is 3.01. The van der Waals surface area contributed by atoms with Gasteiger partial charge in [-0.05, 0) is 71.8 Å². The Morgan fingerprint density at radius 1 is 1.19 bits per heavy atom. The van der Waals surface area contributed by atoms with Crippen molar-refractivity contribution in [2.24, 2.45) is 0 Å². The number of nitrogens with one attached hydrogen (secondary N) is 1. The number of β-amino-alcohol motifs (C(OH)–C–C–N with tert-alkyl or cyclic N) is 1. The monoisotopic (exact) mass is 480 g/mol. The van der Waals surface area contributed by atoms with Crippen molar-refractivity contribution < 1.29 is 19.4 Å². The molecule has 2 amide bonds. The molecule has 1 heterocycles. The SMILES string of the molecule is Cc1cc(I)cc(C)c1NC(=O)[C@@H]1C[C@H](O)CN1C(=O)Oc1ccccc1. The normalized spacial score (nSPS) is 19.0. The molecule has 0 unspecified atom stereocenters. The lowest BCUT2D eigenvalue weighted by Crippen LogP contribution is -2.44. The Labute approximate surface area is 171 Å². The number of aliphatic hydroxyl groups excluding tert-OH is 1. The van der Waals surface area contributed by atoms with Crippen LogP contribution in [0, 0.1) is 17.4 Å². The number of benzene rings is 2. The summed E-state index contributed by atoms with van der Waals surface area (Å²) < 4.78 is 6.42. The van der Waals surface area contributed by atoms with Crippen LogP contribution in [0.2, 0.25) is 0 Å². The Kier molecular flexibility index (Phi) is 6.01. The second kappa shape index (κ2) is 8.26. The number of carbonyl (C=O) groups is 2. The molecule has 0 radical (unpaired) electrons. The molecule has 2 N–H and O–H groups in total. The third kappa shape index (κ3) is 4.59. The van der Waals surface area contributed by atoms with Gasteiger partial charge in [-0.3, -0.25) is 9.69 Å². The van der Waals surface area contributed by atoms with Gasteiger partial charge in [-0.15, -0.1) is 0 Å². The van der Waals surface area contributed by atoms with Crippen LogP contribution in [0.3, 0.4) is 0 Å². The molecular formula is C20H21IN2O4. The summed E-state index contributed by atoms with van der Waals surface area (Å²) in [4.78, 5) is 26.6. The minimum absolute atomic E-state index is 0.0639. The van der Waals surface area contributed by atoms with E-state index in [1.807, 2.05) is 32.0 Å². The number of amides is 2. The molecule has 27 heavy (non-hydrogen) atoms. The highest BCUT2D eigenvalue weighted by atomic mass is 127. The van der Waals surface area contributed by atoms with Crippen LogP contribution in [-0.4, -0.2) is 40.7 Å². The maximum atomic E-state index is 12.8. The Hall–Kier alpha value is -2.13. The number of aryl methyl sites for hydroxylation is 2. The van der Waals surface area contributed by atoms with Gasteiger partial charge < -0.3 is 15.2 Å². The lowest BCUT2D eigenvalue weighted by atomic mass is 10.1. The highest BCUT2D eigenvalue weighted by molar-refractivity contribution is 14.1. The minimum atomic E-state index is -0.783. The second-order valence-corrected chi connectivity index (χ2v) is 7.89. The summed E-state index contributed by atoms with van der Waals surface area (Å²) in [6.07, 6.45) is -1.23. The zero-order valence-electron chi connectivity index (χ0n) is 15.1. The fourth-order valence-electron chi connectivity index (χ4n) is 3.23. The molecule has 142 valence electrons. The summed E-state index contributed by atoms with van der Waals surface area (Å²) in [6, 6.07) is 11.8. The highest BCUT2D eigenvalue weighted by Crippen LogP contribution is 2.26. The van der Waals surface area contributed by atoms with Gasteiger partial charge >= 0.3 is 6.09 Å². The molecule has 6 nitrogen and oxygen atoms in total. The van der Waals surface area contributed by atoms with Gasteiger partial charge in [0.1, 0.15) is 11.8 Å². The summed E-state index contributed by atoms with van der Waals surface area (Å²) in [5, 5.41) is 12.9. The average molecular weight is 480 g/mol. The van der Waals surface area contributed by atoms with Gasteiger partial charge in [0, 0.05) is 15.7 Å². The largest absolute Gasteiger partial charge is 0.416 e. The van der Waals surface area contributed by atoms with Crippen LogP contribution in [0.5, 0.6) is 5.75 Å². The summed E-state index contributed by atoms with van der Waals surface area (Å²) in [5.74, 6) is 0.0661. The first-order chi connectivity index (χ1) is 12.8. The minimum Gasteiger partial charge on any atom is -0.410 e. The quantitative estimate of drug-likeness (QED) is 0.660. The molecule has 7 heteroatoms. The Morgan fingerprint density at radius 3 is 2.44 bits per heavy atom. The maximum absolute atomic E-state index is 12.8. The van der Waals surface area contributed by atoms with Crippen molar-refractivity contribution in [3.05, 3.63) is 57.2 Å². The second-order valence-electron chi connectivity index (χ2n) is 6.64. The number of nitrogens with zero attached hydrogens (tertiary/aromatic N) is 1. The summed E-state index contributed by atoms with van der Waals surface area (Å²) >= 11 is 2.23. The predicted molar refractivity (Wildman–Crippen MR) is 111 cm³/mol. The van der Waals surface area contributed by atoms with Gasteiger partial charge in [0.15, 0.2) is 0 Å². The molecule has 0 aliphatic carbocycles. The summed E-state index contributed by atoms with van der Waals surface area (Å²) in [5.41, 5.74) is 2.63. The fraction of sp³-hybridized carbons (Fsp3) is 0.300. The van der Waals surface area contributed by atoms with Crippen molar-refractivity contribution in [2.45, 2.75) is 32.4 Å². The van der Waals surface area contributed by atoms with Crippen LogP contribution in [0.4, 0.5) is 10.5 Å². The van der Waals surface area contributed by atoms with Crippen molar-refractivity contribution in [1.82, 2.24) is 4.90 Å². The third-order valence-electron chi connectivity index (χ3n) is 4.51. The number of hydrogen-bond acceptors (Lipinski definition) is 4. The number of halogens is 1. The van der Waals surface area contributed by atoms with Crippen LogP contribution in [-0.2, 0) is 4.79 Å². The van der Waals surface area contributed by atoms with Crippen molar-refractivity contribution in [1.29, 1.82) is 0 Å². The lowest BCUT2D eigenvalue weighted by Gasteiger charge is -2.23. The molecular weight excluding hydrogens is 459 g/mol. The topological polar surface area (TPSA) is 78.9 Å². The number of carbonyl (C=O) groups excluding carboxylic acids is 2. The predicted octanol–water partition coefficient (Wildman–Crippen LogP) is 3.48. The zero-order valence-corrected chi connectivity index (χ0v) is 17.3. The van der Waals surface area contributed by atoms with Crippen molar-refractivity contribution in [3.8, 4) is 5.75 Å². The fourth-order valence-corrected chi connectivity index (χ4v) is 4.16. The van der Waals surface area contributed by atoms with E-state index in [2.05, 4.69) is 27.9 Å². The van der Waals surface area contributed by atoms with Crippen LogP contribution in [0.25, 0.3) is 0 Å². The van der Waals surface area contributed by atoms with Gasteiger partial charge in [-0.2, -0.15) is 0 Å². The van der Waals surface area contributed by atoms with E-state index in [0.29, 0.717) is 5.75 Å². The summed E-state index contributed by atoms with van der Waals surface area (Å²) in [7, 11) is 0. The van der Waals surface area contributed by atoms with Gasteiger partial charge in [-0.1, -0.05) is 18.2 Å². The van der Waals surface area contributed by atoms with E-state index in [1.54, 1.807) is 24.3 Å². The number of anilines is 1. The Morgan fingerprint density at radius 2 is 1.81 bits per heavy atom. The van der Waals surface area contributed by atoms with E-state index in [9.17, 15) is 14.7 Å².